The second kappa shape index (κ2) is 9.60. The van der Waals surface area contributed by atoms with E-state index in [9.17, 15) is 9.59 Å². The van der Waals surface area contributed by atoms with E-state index in [0.717, 1.165) is 29.3 Å². The van der Waals surface area contributed by atoms with E-state index in [0.29, 0.717) is 24.4 Å². The van der Waals surface area contributed by atoms with Gasteiger partial charge in [-0.2, -0.15) is 0 Å². The van der Waals surface area contributed by atoms with Crippen molar-refractivity contribution in [2.75, 3.05) is 18.5 Å². The van der Waals surface area contributed by atoms with E-state index in [1.54, 1.807) is 35.6 Å². The number of H-pyrrole nitrogens is 1. The van der Waals surface area contributed by atoms with E-state index in [-0.39, 0.29) is 17.7 Å². The van der Waals surface area contributed by atoms with Gasteiger partial charge in [0.2, 0.25) is 0 Å². The summed E-state index contributed by atoms with van der Waals surface area (Å²) in [5.74, 6) is -0.306. The molecule has 1 fully saturated rings. The van der Waals surface area contributed by atoms with Crippen molar-refractivity contribution in [3.63, 3.8) is 0 Å². The normalized spacial score (nSPS) is 16.5. The molecule has 0 bridgehead atoms. The number of amides is 2. The summed E-state index contributed by atoms with van der Waals surface area (Å²) in [6, 6.07) is 19.3. The molecule has 2 atom stereocenters. The van der Waals surface area contributed by atoms with Crippen LogP contribution in [0.1, 0.15) is 39.6 Å². The van der Waals surface area contributed by atoms with Crippen molar-refractivity contribution < 1.29 is 14.3 Å². The average Bonchev–Trinajstić information content (AvgIpc) is 3.62. The maximum absolute atomic E-state index is 13.0. The Morgan fingerprint density at radius 2 is 2.03 bits per heavy atom. The third-order valence-corrected chi connectivity index (χ3v) is 6.95. The van der Waals surface area contributed by atoms with Gasteiger partial charge in [-0.15, -0.1) is 11.3 Å². The summed E-state index contributed by atoms with van der Waals surface area (Å²) < 4.78 is 5.44. The molecule has 2 amide bonds. The number of aromatic amines is 1. The molecular formula is C26H25N3O3S. The van der Waals surface area contributed by atoms with Crippen LogP contribution in [0.5, 0.6) is 0 Å². The second-order valence-electron chi connectivity index (χ2n) is 8.14. The van der Waals surface area contributed by atoms with E-state index in [1.165, 1.54) is 4.88 Å². The number of thiophene rings is 1. The van der Waals surface area contributed by atoms with Crippen molar-refractivity contribution in [3.8, 4) is 0 Å². The summed E-state index contributed by atoms with van der Waals surface area (Å²) in [5, 5.41) is 9.17. The van der Waals surface area contributed by atoms with E-state index in [1.807, 2.05) is 24.4 Å². The molecule has 4 aromatic rings. The second-order valence-corrected chi connectivity index (χ2v) is 9.12. The molecule has 1 saturated heterocycles. The molecule has 2 unspecified atom stereocenters. The highest BCUT2D eigenvalue weighted by molar-refractivity contribution is 7.10. The number of benzene rings is 2. The Labute approximate surface area is 196 Å². The highest BCUT2D eigenvalue weighted by atomic mass is 32.1. The zero-order valence-corrected chi connectivity index (χ0v) is 18.9. The summed E-state index contributed by atoms with van der Waals surface area (Å²) >= 11 is 1.68. The smallest absolute Gasteiger partial charge is 0.253 e. The standard InChI is InChI=1S/C26H25N3O3S/c30-25(17-6-3-7-18(14-17)29-26(31)23-10-4-12-32-23)28-16-21(24-11-5-13-33-24)20-15-27-22-9-2-1-8-19(20)22/h1-3,5-9,11,13-15,21,23,27H,4,10,12,16H2,(H,28,30)(H,29,31). The van der Waals surface area contributed by atoms with Crippen LogP contribution >= 0.6 is 11.3 Å². The Morgan fingerprint density at radius 3 is 2.85 bits per heavy atom. The third-order valence-electron chi connectivity index (χ3n) is 5.96. The predicted molar refractivity (Wildman–Crippen MR) is 131 cm³/mol. The Balaban J connectivity index is 1.31. The molecule has 33 heavy (non-hydrogen) atoms. The number of carbonyl (C=O) groups is 2. The first-order valence-corrected chi connectivity index (χ1v) is 12.0. The zero-order chi connectivity index (χ0) is 22.6. The van der Waals surface area contributed by atoms with Gasteiger partial charge in [-0.1, -0.05) is 30.3 Å². The van der Waals surface area contributed by atoms with Crippen LogP contribution in [0.4, 0.5) is 5.69 Å². The Kier molecular flexibility index (Phi) is 6.24. The molecule has 3 heterocycles. The lowest BCUT2D eigenvalue weighted by atomic mass is 9.96. The number of rotatable bonds is 7. The fourth-order valence-corrected chi connectivity index (χ4v) is 5.12. The number of para-hydroxylation sites is 1. The van der Waals surface area contributed by atoms with Crippen molar-refractivity contribution in [3.05, 3.63) is 88.2 Å². The number of carbonyl (C=O) groups excluding carboxylic acids is 2. The number of nitrogens with one attached hydrogen (secondary N) is 3. The maximum Gasteiger partial charge on any atom is 0.253 e. The lowest BCUT2D eigenvalue weighted by molar-refractivity contribution is -0.124. The van der Waals surface area contributed by atoms with Gasteiger partial charge < -0.3 is 20.4 Å². The van der Waals surface area contributed by atoms with E-state index < -0.39 is 6.10 Å². The van der Waals surface area contributed by atoms with Gasteiger partial charge >= 0.3 is 0 Å². The first-order valence-electron chi connectivity index (χ1n) is 11.1. The Hall–Kier alpha value is -3.42. The monoisotopic (exact) mass is 459 g/mol. The Bertz CT molecular complexity index is 1260. The van der Waals surface area contributed by atoms with Gasteiger partial charge in [0.15, 0.2) is 0 Å². The molecular weight excluding hydrogens is 434 g/mol. The van der Waals surface area contributed by atoms with Gasteiger partial charge in [0.25, 0.3) is 11.8 Å². The van der Waals surface area contributed by atoms with Crippen LogP contribution in [-0.2, 0) is 9.53 Å². The number of fused-ring (bicyclic) bond motifs is 1. The number of hydrogen-bond donors (Lipinski definition) is 3. The molecule has 0 saturated carbocycles. The molecule has 0 spiro atoms. The van der Waals surface area contributed by atoms with Gasteiger partial charge in [0.05, 0.1) is 0 Å². The highest BCUT2D eigenvalue weighted by Gasteiger charge is 2.24. The van der Waals surface area contributed by atoms with Gasteiger partial charge in [0, 0.05) is 52.3 Å². The molecule has 3 N–H and O–H groups in total. The Morgan fingerprint density at radius 1 is 1.12 bits per heavy atom. The van der Waals surface area contributed by atoms with E-state index >= 15 is 0 Å². The minimum absolute atomic E-state index is 0.0347. The number of hydrogen-bond acceptors (Lipinski definition) is 4. The van der Waals surface area contributed by atoms with Crippen LogP contribution in [-0.4, -0.2) is 36.1 Å². The molecule has 2 aromatic heterocycles. The van der Waals surface area contributed by atoms with Crippen molar-refractivity contribution in [1.29, 1.82) is 0 Å². The number of aromatic nitrogens is 1. The molecule has 2 aromatic carbocycles. The van der Waals surface area contributed by atoms with Crippen LogP contribution in [0.2, 0.25) is 0 Å². The molecule has 1 aliphatic heterocycles. The van der Waals surface area contributed by atoms with Gasteiger partial charge in [-0.3, -0.25) is 9.59 Å². The van der Waals surface area contributed by atoms with Crippen molar-refractivity contribution in [2.45, 2.75) is 24.9 Å². The summed E-state index contributed by atoms with van der Waals surface area (Å²) in [4.78, 5) is 29.9. The lowest BCUT2D eigenvalue weighted by Crippen LogP contribution is -2.29. The van der Waals surface area contributed by atoms with Crippen molar-refractivity contribution in [2.24, 2.45) is 0 Å². The summed E-state index contributed by atoms with van der Waals surface area (Å²) in [5.41, 5.74) is 3.33. The zero-order valence-electron chi connectivity index (χ0n) is 18.0. The van der Waals surface area contributed by atoms with Crippen molar-refractivity contribution >= 4 is 39.7 Å². The van der Waals surface area contributed by atoms with E-state index in [2.05, 4.69) is 39.2 Å². The van der Waals surface area contributed by atoms with Gasteiger partial charge in [-0.05, 0) is 54.1 Å². The topological polar surface area (TPSA) is 83.2 Å². The summed E-state index contributed by atoms with van der Waals surface area (Å²) in [6.45, 7) is 1.08. The van der Waals surface area contributed by atoms with Crippen molar-refractivity contribution in [1.82, 2.24) is 10.3 Å². The largest absolute Gasteiger partial charge is 0.368 e. The molecule has 7 heteroatoms. The van der Waals surface area contributed by atoms with E-state index in [4.69, 9.17) is 4.74 Å². The fourth-order valence-electron chi connectivity index (χ4n) is 4.28. The SMILES string of the molecule is O=C(NCC(c1cccs1)c1c[nH]c2ccccc12)c1cccc(NC(=O)C2CCCO2)c1. The quantitative estimate of drug-likeness (QED) is 0.367. The summed E-state index contributed by atoms with van der Waals surface area (Å²) in [7, 11) is 0. The predicted octanol–water partition coefficient (Wildman–Crippen LogP) is 4.91. The van der Waals surface area contributed by atoms with Crippen LogP contribution in [0.25, 0.3) is 10.9 Å². The minimum Gasteiger partial charge on any atom is -0.368 e. The summed E-state index contributed by atoms with van der Waals surface area (Å²) in [6.07, 6.45) is 3.24. The maximum atomic E-state index is 13.0. The average molecular weight is 460 g/mol. The van der Waals surface area contributed by atoms with Crippen LogP contribution in [0, 0.1) is 0 Å². The van der Waals surface area contributed by atoms with Gasteiger partial charge in [0.1, 0.15) is 6.10 Å². The molecule has 168 valence electrons. The van der Waals surface area contributed by atoms with Gasteiger partial charge in [-0.25, -0.2) is 0 Å². The first-order chi connectivity index (χ1) is 16.2. The third kappa shape index (κ3) is 4.69. The minimum atomic E-state index is -0.412. The number of ether oxygens (including phenoxy) is 1. The first kappa shape index (κ1) is 21.4. The van der Waals surface area contributed by atoms with Crippen LogP contribution in [0.15, 0.2) is 72.2 Å². The van der Waals surface area contributed by atoms with Crippen LogP contribution in [0.3, 0.4) is 0 Å². The van der Waals surface area contributed by atoms with Crippen LogP contribution < -0.4 is 10.6 Å². The molecule has 5 rings (SSSR count). The molecule has 1 aliphatic rings. The molecule has 6 nitrogen and oxygen atoms in total. The number of anilines is 1. The highest BCUT2D eigenvalue weighted by Crippen LogP contribution is 2.33. The lowest BCUT2D eigenvalue weighted by Gasteiger charge is -2.17. The fraction of sp³-hybridized carbons (Fsp3) is 0.231. The molecule has 0 aliphatic carbocycles. The molecule has 0 radical (unpaired) electrons.